The van der Waals surface area contributed by atoms with Gasteiger partial charge in [0.05, 0.1) is 36.0 Å². The van der Waals surface area contributed by atoms with Crippen LogP contribution in [0.25, 0.3) is 0 Å². The Bertz CT molecular complexity index is 1270. The molecule has 0 aliphatic heterocycles. The zero-order valence-electron chi connectivity index (χ0n) is 21.9. The molecule has 0 saturated carbocycles. The van der Waals surface area contributed by atoms with Gasteiger partial charge < -0.3 is 9.47 Å². The molecule has 0 fully saturated rings. The topological polar surface area (TPSA) is 67.9 Å². The molecule has 4 aromatic rings. The van der Waals surface area contributed by atoms with Crippen LogP contribution in [0.5, 0.6) is 11.5 Å². The molecule has 0 unspecified atom stereocenters. The third kappa shape index (κ3) is 9.28. The molecule has 0 aliphatic rings. The number of unbranched alkanes of at least 4 members (excludes halogenated alkanes) is 3. The number of hydrogen-bond acceptors (Lipinski definition) is 6. The predicted molar refractivity (Wildman–Crippen MR) is 153 cm³/mol. The van der Waals surface area contributed by atoms with Crippen molar-refractivity contribution in [2.75, 3.05) is 13.2 Å². The van der Waals surface area contributed by atoms with Crippen LogP contribution in [0.2, 0.25) is 0 Å². The van der Waals surface area contributed by atoms with Gasteiger partial charge in [-0.2, -0.15) is 20.5 Å². The fourth-order valence-electron chi connectivity index (χ4n) is 3.68. The van der Waals surface area contributed by atoms with Crippen LogP contribution in [-0.4, -0.2) is 13.2 Å². The molecule has 0 atom stereocenters. The van der Waals surface area contributed by atoms with Crippen molar-refractivity contribution in [2.45, 2.75) is 39.0 Å². The molecule has 0 spiro atoms. The van der Waals surface area contributed by atoms with Crippen LogP contribution in [0.4, 0.5) is 22.7 Å². The van der Waals surface area contributed by atoms with Gasteiger partial charge in [0, 0.05) is 0 Å². The van der Waals surface area contributed by atoms with Gasteiger partial charge in [-0.15, -0.1) is 0 Å². The van der Waals surface area contributed by atoms with E-state index in [1.54, 1.807) is 0 Å². The summed E-state index contributed by atoms with van der Waals surface area (Å²) < 4.78 is 11.7. The Balaban J connectivity index is 1.06. The number of hydrogen-bond donors (Lipinski definition) is 0. The van der Waals surface area contributed by atoms with Crippen LogP contribution in [0.1, 0.15) is 38.2 Å². The third-order valence-electron chi connectivity index (χ3n) is 5.91. The zero-order chi connectivity index (χ0) is 26.3. The van der Waals surface area contributed by atoms with Crippen molar-refractivity contribution in [3.63, 3.8) is 0 Å². The summed E-state index contributed by atoms with van der Waals surface area (Å²) in [5.41, 5.74) is 4.60. The van der Waals surface area contributed by atoms with E-state index in [1.807, 2.05) is 91.0 Å². The standard InChI is InChI=1S/C32H34N4O2/c1-2-26-12-14-28(15-13-26)34-36-30-18-22-32(23-19-30)38-25-9-4-3-8-24-37-31-20-16-29(17-21-31)35-33-27-10-6-5-7-11-27/h5-7,10-23H,2-4,8-9,24-25H2,1H3. The molecule has 4 aromatic carbocycles. The van der Waals surface area contributed by atoms with Gasteiger partial charge in [-0.1, -0.05) is 37.3 Å². The Hall–Kier alpha value is -4.32. The van der Waals surface area contributed by atoms with Gasteiger partial charge in [0.25, 0.3) is 0 Å². The van der Waals surface area contributed by atoms with E-state index in [0.29, 0.717) is 13.2 Å². The van der Waals surface area contributed by atoms with E-state index in [-0.39, 0.29) is 0 Å². The molecule has 194 valence electrons. The normalized spacial score (nSPS) is 11.3. The first-order valence-electron chi connectivity index (χ1n) is 13.2. The van der Waals surface area contributed by atoms with Crippen molar-refractivity contribution in [2.24, 2.45) is 20.5 Å². The molecular weight excluding hydrogens is 472 g/mol. The van der Waals surface area contributed by atoms with Crippen molar-refractivity contribution in [3.8, 4) is 11.5 Å². The molecule has 4 rings (SSSR count). The molecule has 0 heterocycles. The summed E-state index contributed by atoms with van der Waals surface area (Å²) in [6, 6.07) is 33.3. The van der Waals surface area contributed by atoms with Gasteiger partial charge in [0.15, 0.2) is 0 Å². The SMILES string of the molecule is CCc1ccc(N=Nc2ccc(OCCCCCCOc3ccc(N=Nc4ccccc4)cc3)cc2)cc1. The number of aryl methyl sites for hydroxylation is 1. The Morgan fingerprint density at radius 2 is 0.842 bits per heavy atom. The number of rotatable bonds is 14. The van der Waals surface area contributed by atoms with Crippen LogP contribution in [0.3, 0.4) is 0 Å². The van der Waals surface area contributed by atoms with E-state index in [9.17, 15) is 0 Å². The molecule has 0 aliphatic carbocycles. The molecule has 0 N–H and O–H groups in total. The third-order valence-corrected chi connectivity index (χ3v) is 5.91. The number of nitrogens with zero attached hydrogens (tertiary/aromatic N) is 4. The van der Waals surface area contributed by atoms with E-state index in [4.69, 9.17) is 9.47 Å². The summed E-state index contributed by atoms with van der Waals surface area (Å²) in [7, 11) is 0. The van der Waals surface area contributed by atoms with Crippen LogP contribution < -0.4 is 9.47 Å². The first-order chi connectivity index (χ1) is 18.8. The lowest BCUT2D eigenvalue weighted by Gasteiger charge is -2.07. The maximum absolute atomic E-state index is 5.86. The summed E-state index contributed by atoms with van der Waals surface area (Å²) >= 11 is 0. The minimum atomic E-state index is 0.699. The fraction of sp³-hybridized carbons (Fsp3) is 0.250. The summed E-state index contributed by atoms with van der Waals surface area (Å²) in [5, 5.41) is 17.1. The van der Waals surface area contributed by atoms with Gasteiger partial charge in [0.1, 0.15) is 11.5 Å². The van der Waals surface area contributed by atoms with Crippen LogP contribution in [0, 0.1) is 0 Å². The molecule has 0 amide bonds. The first kappa shape index (κ1) is 26.7. The Kier molecular flexibility index (Phi) is 10.6. The summed E-state index contributed by atoms with van der Waals surface area (Å²) in [6.45, 7) is 3.54. The maximum Gasteiger partial charge on any atom is 0.119 e. The quantitative estimate of drug-likeness (QED) is 0.126. The lowest BCUT2D eigenvalue weighted by Crippen LogP contribution is -1.99. The number of azo groups is 2. The Morgan fingerprint density at radius 1 is 0.447 bits per heavy atom. The smallest absolute Gasteiger partial charge is 0.119 e. The average Bonchev–Trinajstić information content (AvgIpc) is 2.98. The van der Waals surface area contributed by atoms with E-state index >= 15 is 0 Å². The molecular formula is C32H34N4O2. The molecule has 6 nitrogen and oxygen atoms in total. The van der Waals surface area contributed by atoms with E-state index in [1.165, 1.54) is 5.56 Å². The number of benzene rings is 4. The molecule has 6 heteroatoms. The molecule has 0 aromatic heterocycles. The highest BCUT2D eigenvalue weighted by molar-refractivity contribution is 5.44. The zero-order valence-corrected chi connectivity index (χ0v) is 21.9. The molecule has 0 radical (unpaired) electrons. The van der Waals surface area contributed by atoms with Gasteiger partial charge in [-0.3, -0.25) is 0 Å². The van der Waals surface area contributed by atoms with E-state index < -0.39 is 0 Å². The first-order valence-corrected chi connectivity index (χ1v) is 13.2. The lowest BCUT2D eigenvalue weighted by atomic mass is 10.2. The highest BCUT2D eigenvalue weighted by Gasteiger charge is 1.99. The van der Waals surface area contributed by atoms with Crippen LogP contribution >= 0.6 is 0 Å². The second kappa shape index (κ2) is 15.1. The van der Waals surface area contributed by atoms with Gasteiger partial charge >= 0.3 is 0 Å². The Labute approximate surface area is 225 Å². The summed E-state index contributed by atoms with van der Waals surface area (Å²) in [6.07, 6.45) is 5.25. The summed E-state index contributed by atoms with van der Waals surface area (Å²) in [5.74, 6) is 1.70. The van der Waals surface area contributed by atoms with Crippen molar-refractivity contribution < 1.29 is 9.47 Å². The lowest BCUT2D eigenvalue weighted by molar-refractivity contribution is 0.287. The largest absolute Gasteiger partial charge is 0.494 e. The van der Waals surface area contributed by atoms with E-state index in [2.05, 4.69) is 39.5 Å². The average molecular weight is 507 g/mol. The fourth-order valence-corrected chi connectivity index (χ4v) is 3.68. The van der Waals surface area contributed by atoms with Crippen molar-refractivity contribution in [1.82, 2.24) is 0 Å². The highest BCUT2D eigenvalue weighted by atomic mass is 16.5. The molecule has 38 heavy (non-hydrogen) atoms. The van der Waals surface area contributed by atoms with Crippen molar-refractivity contribution in [3.05, 3.63) is 109 Å². The van der Waals surface area contributed by atoms with Gasteiger partial charge in [-0.05, 0) is 110 Å². The minimum Gasteiger partial charge on any atom is -0.494 e. The second-order valence-electron chi connectivity index (χ2n) is 8.85. The summed E-state index contributed by atoms with van der Waals surface area (Å²) in [4.78, 5) is 0. The van der Waals surface area contributed by atoms with Crippen molar-refractivity contribution >= 4 is 22.7 Å². The minimum absolute atomic E-state index is 0.699. The number of ether oxygens (including phenoxy) is 2. The van der Waals surface area contributed by atoms with Crippen molar-refractivity contribution in [1.29, 1.82) is 0 Å². The Morgan fingerprint density at radius 3 is 1.26 bits per heavy atom. The van der Waals surface area contributed by atoms with E-state index in [0.717, 1.165) is 66.4 Å². The maximum atomic E-state index is 5.86. The second-order valence-corrected chi connectivity index (χ2v) is 8.85. The predicted octanol–water partition coefficient (Wildman–Crippen LogP) is 10.1. The van der Waals surface area contributed by atoms with Crippen LogP contribution in [-0.2, 0) is 6.42 Å². The van der Waals surface area contributed by atoms with Crippen LogP contribution in [0.15, 0.2) is 124 Å². The highest BCUT2D eigenvalue weighted by Crippen LogP contribution is 2.23. The molecule has 0 saturated heterocycles. The van der Waals surface area contributed by atoms with Gasteiger partial charge in [-0.25, -0.2) is 0 Å². The molecule has 0 bridgehead atoms. The van der Waals surface area contributed by atoms with Gasteiger partial charge in [0.2, 0.25) is 0 Å². The monoisotopic (exact) mass is 506 g/mol.